The molecule has 0 radical (unpaired) electrons. The topological polar surface area (TPSA) is 21.3 Å². The summed E-state index contributed by atoms with van der Waals surface area (Å²) in [5.41, 5.74) is 1.69. The summed E-state index contributed by atoms with van der Waals surface area (Å²) >= 11 is 3.33. The van der Waals surface area contributed by atoms with E-state index in [4.69, 9.17) is 4.74 Å². The molecule has 0 bridgehead atoms. The Hall–Kier alpha value is -1.39. The van der Waals surface area contributed by atoms with Gasteiger partial charge < -0.3 is 10.1 Å². The second-order valence-electron chi connectivity index (χ2n) is 4.45. The van der Waals surface area contributed by atoms with Crippen molar-refractivity contribution in [3.8, 4) is 5.75 Å². The number of rotatable bonds is 6. The molecular formula is C16H17BrFNO. The fourth-order valence-corrected chi connectivity index (χ4v) is 2.24. The van der Waals surface area contributed by atoms with Gasteiger partial charge in [0.15, 0.2) is 0 Å². The second-order valence-corrected chi connectivity index (χ2v) is 5.37. The number of hydrogen-bond acceptors (Lipinski definition) is 2. The minimum atomic E-state index is -0.253. The second kappa shape index (κ2) is 7.41. The lowest BCUT2D eigenvalue weighted by atomic mass is 10.2. The van der Waals surface area contributed by atoms with E-state index in [0.29, 0.717) is 5.56 Å². The normalized spacial score (nSPS) is 10.6. The van der Waals surface area contributed by atoms with Crippen molar-refractivity contribution in [3.63, 3.8) is 0 Å². The summed E-state index contributed by atoms with van der Waals surface area (Å²) in [5, 5.41) is 3.26. The first-order valence-electron chi connectivity index (χ1n) is 6.55. The summed E-state index contributed by atoms with van der Waals surface area (Å²) in [7, 11) is 0. The highest BCUT2D eigenvalue weighted by atomic mass is 79.9. The van der Waals surface area contributed by atoms with E-state index in [1.54, 1.807) is 12.1 Å². The van der Waals surface area contributed by atoms with Gasteiger partial charge in [-0.05, 0) is 42.4 Å². The number of halogens is 2. The molecule has 20 heavy (non-hydrogen) atoms. The number of nitrogens with one attached hydrogen (secondary N) is 1. The van der Waals surface area contributed by atoms with Crippen molar-refractivity contribution < 1.29 is 9.13 Å². The molecule has 2 rings (SSSR count). The third-order valence-electron chi connectivity index (χ3n) is 2.88. The van der Waals surface area contributed by atoms with Crippen LogP contribution < -0.4 is 10.1 Å². The molecule has 0 saturated carbocycles. The summed E-state index contributed by atoms with van der Waals surface area (Å²) < 4.78 is 20.1. The van der Waals surface area contributed by atoms with Crippen LogP contribution in [-0.2, 0) is 13.2 Å². The molecule has 0 aliphatic heterocycles. The first kappa shape index (κ1) is 15.0. The monoisotopic (exact) mass is 337 g/mol. The van der Waals surface area contributed by atoms with Crippen LogP contribution >= 0.6 is 15.9 Å². The minimum absolute atomic E-state index is 0.218. The molecule has 1 N–H and O–H groups in total. The number of ether oxygens (including phenoxy) is 1. The van der Waals surface area contributed by atoms with E-state index in [1.807, 2.05) is 24.3 Å². The van der Waals surface area contributed by atoms with Gasteiger partial charge in [-0.25, -0.2) is 4.39 Å². The average Bonchev–Trinajstić information content (AvgIpc) is 2.46. The van der Waals surface area contributed by atoms with Gasteiger partial charge in [0.05, 0.1) is 0 Å². The summed E-state index contributed by atoms with van der Waals surface area (Å²) in [6.45, 7) is 4.01. The molecule has 4 heteroatoms. The van der Waals surface area contributed by atoms with Gasteiger partial charge in [-0.1, -0.05) is 35.0 Å². The fourth-order valence-electron chi connectivity index (χ4n) is 1.83. The predicted molar refractivity (Wildman–Crippen MR) is 82.3 cm³/mol. The molecule has 0 unspecified atom stereocenters. The Labute approximate surface area is 127 Å². The Morgan fingerprint density at radius 1 is 1.20 bits per heavy atom. The summed E-state index contributed by atoms with van der Waals surface area (Å²) in [6.07, 6.45) is 0. The first-order chi connectivity index (χ1) is 9.69. The Kier molecular flexibility index (Phi) is 5.56. The van der Waals surface area contributed by atoms with Crippen LogP contribution in [-0.4, -0.2) is 6.54 Å². The number of hydrogen-bond donors (Lipinski definition) is 1. The summed E-state index contributed by atoms with van der Waals surface area (Å²) in [6, 6.07) is 12.7. The lowest BCUT2D eigenvalue weighted by Crippen LogP contribution is -2.11. The lowest BCUT2D eigenvalue weighted by molar-refractivity contribution is 0.299. The van der Waals surface area contributed by atoms with Gasteiger partial charge in [-0.15, -0.1) is 0 Å². The van der Waals surface area contributed by atoms with Crippen molar-refractivity contribution in [3.05, 3.63) is 63.9 Å². The Morgan fingerprint density at radius 3 is 2.85 bits per heavy atom. The molecule has 2 aromatic rings. The molecule has 0 spiro atoms. The van der Waals surface area contributed by atoms with Crippen molar-refractivity contribution in [2.75, 3.05) is 6.54 Å². The maximum absolute atomic E-state index is 13.6. The molecule has 0 aliphatic carbocycles. The summed E-state index contributed by atoms with van der Waals surface area (Å²) in [4.78, 5) is 0. The van der Waals surface area contributed by atoms with Crippen molar-refractivity contribution in [1.29, 1.82) is 0 Å². The van der Waals surface area contributed by atoms with Crippen LogP contribution in [0.4, 0.5) is 4.39 Å². The van der Waals surface area contributed by atoms with Crippen LogP contribution in [0.15, 0.2) is 46.9 Å². The minimum Gasteiger partial charge on any atom is -0.489 e. The third-order valence-corrected chi connectivity index (χ3v) is 3.37. The van der Waals surface area contributed by atoms with Crippen LogP contribution in [0.5, 0.6) is 5.75 Å². The molecule has 0 heterocycles. The number of benzene rings is 2. The molecule has 0 aliphatic rings. The van der Waals surface area contributed by atoms with Crippen LogP contribution in [0.1, 0.15) is 18.1 Å². The maximum atomic E-state index is 13.6. The van der Waals surface area contributed by atoms with Crippen LogP contribution in [0.3, 0.4) is 0 Å². The highest BCUT2D eigenvalue weighted by molar-refractivity contribution is 9.10. The van der Waals surface area contributed by atoms with E-state index in [1.165, 1.54) is 6.07 Å². The summed E-state index contributed by atoms with van der Waals surface area (Å²) in [5.74, 6) is 0.497. The molecule has 0 saturated heterocycles. The molecule has 0 atom stereocenters. The zero-order chi connectivity index (χ0) is 14.4. The van der Waals surface area contributed by atoms with Gasteiger partial charge in [0, 0.05) is 16.6 Å². The lowest BCUT2D eigenvalue weighted by Gasteiger charge is -2.09. The zero-order valence-corrected chi connectivity index (χ0v) is 12.9. The van der Waals surface area contributed by atoms with E-state index >= 15 is 0 Å². The van der Waals surface area contributed by atoms with Gasteiger partial charge in [-0.2, -0.15) is 0 Å². The zero-order valence-electron chi connectivity index (χ0n) is 11.3. The third kappa shape index (κ3) is 4.32. The first-order valence-corrected chi connectivity index (χ1v) is 7.34. The molecule has 2 nitrogen and oxygen atoms in total. The average molecular weight is 338 g/mol. The van der Waals surface area contributed by atoms with Crippen molar-refractivity contribution >= 4 is 15.9 Å². The highest BCUT2D eigenvalue weighted by Crippen LogP contribution is 2.19. The van der Waals surface area contributed by atoms with Gasteiger partial charge in [0.1, 0.15) is 18.2 Å². The van der Waals surface area contributed by atoms with Gasteiger partial charge in [-0.3, -0.25) is 0 Å². The van der Waals surface area contributed by atoms with Crippen LogP contribution in [0.2, 0.25) is 0 Å². The van der Waals surface area contributed by atoms with E-state index in [0.717, 1.165) is 28.9 Å². The molecular weight excluding hydrogens is 321 g/mol. The van der Waals surface area contributed by atoms with Gasteiger partial charge >= 0.3 is 0 Å². The molecule has 106 valence electrons. The SMILES string of the molecule is CCNCc1cccc(OCc2cc(Br)ccc2F)c1. The van der Waals surface area contributed by atoms with E-state index in [-0.39, 0.29) is 12.4 Å². The van der Waals surface area contributed by atoms with Crippen molar-refractivity contribution in [1.82, 2.24) is 5.32 Å². The predicted octanol–water partition coefficient (Wildman–Crippen LogP) is 4.28. The van der Waals surface area contributed by atoms with Crippen LogP contribution in [0, 0.1) is 5.82 Å². The largest absolute Gasteiger partial charge is 0.489 e. The standard InChI is InChI=1S/C16H17BrFNO/c1-2-19-10-12-4-3-5-15(8-12)20-11-13-9-14(17)6-7-16(13)18/h3-9,19H,2,10-11H2,1H3. The Balaban J connectivity index is 2.01. The highest BCUT2D eigenvalue weighted by Gasteiger charge is 2.04. The molecule has 0 aromatic heterocycles. The molecule has 0 fully saturated rings. The van der Waals surface area contributed by atoms with E-state index in [9.17, 15) is 4.39 Å². The van der Waals surface area contributed by atoms with Gasteiger partial charge in [0.2, 0.25) is 0 Å². The van der Waals surface area contributed by atoms with E-state index < -0.39 is 0 Å². The fraction of sp³-hybridized carbons (Fsp3) is 0.250. The van der Waals surface area contributed by atoms with Crippen LogP contribution in [0.25, 0.3) is 0 Å². The molecule has 2 aromatic carbocycles. The smallest absolute Gasteiger partial charge is 0.129 e. The Morgan fingerprint density at radius 2 is 2.05 bits per heavy atom. The molecule has 0 amide bonds. The van der Waals surface area contributed by atoms with Gasteiger partial charge in [0.25, 0.3) is 0 Å². The Bertz CT molecular complexity index is 574. The van der Waals surface area contributed by atoms with Crippen molar-refractivity contribution in [2.45, 2.75) is 20.1 Å². The quantitative estimate of drug-likeness (QED) is 0.849. The van der Waals surface area contributed by atoms with Crippen molar-refractivity contribution in [2.24, 2.45) is 0 Å². The van der Waals surface area contributed by atoms with E-state index in [2.05, 4.69) is 28.2 Å². The maximum Gasteiger partial charge on any atom is 0.129 e.